The molecule has 1 aromatic heterocycles. The molecule has 0 radical (unpaired) electrons. The number of aliphatic imine (C=N–C) groups is 1. The minimum Gasteiger partial charge on any atom is -0.497 e. The molecule has 0 amide bonds. The van der Waals surface area contributed by atoms with E-state index in [1.807, 2.05) is 24.3 Å². The first-order valence-corrected chi connectivity index (χ1v) is 9.17. The van der Waals surface area contributed by atoms with E-state index >= 15 is 0 Å². The van der Waals surface area contributed by atoms with Crippen molar-refractivity contribution < 1.29 is 14.0 Å². The molecule has 2 N–H and O–H groups in total. The molecule has 0 aliphatic carbocycles. The molecule has 0 aliphatic rings. The highest BCUT2D eigenvalue weighted by molar-refractivity contribution is 5.79. The number of methoxy groups -OCH3 is 2. The molecule has 0 spiro atoms. The van der Waals surface area contributed by atoms with Crippen molar-refractivity contribution in [2.24, 2.45) is 4.99 Å². The topological polar surface area (TPSA) is 93.8 Å². The average Bonchev–Trinajstić information content (AvgIpc) is 3.18. The molecule has 1 aromatic carbocycles. The van der Waals surface area contributed by atoms with Crippen molar-refractivity contribution in [1.29, 1.82) is 0 Å². The van der Waals surface area contributed by atoms with Crippen LogP contribution in [0.5, 0.6) is 5.75 Å². The number of hydrogen-bond donors (Lipinski definition) is 2. The number of guanidine groups is 1. The van der Waals surface area contributed by atoms with Gasteiger partial charge < -0.3 is 24.6 Å². The van der Waals surface area contributed by atoms with Crippen LogP contribution in [0.4, 0.5) is 0 Å². The Labute approximate surface area is 160 Å². The number of rotatable bonds is 11. The minimum atomic E-state index is 0.611. The van der Waals surface area contributed by atoms with Crippen LogP contribution in [0, 0.1) is 0 Å². The number of hydrogen-bond acceptors (Lipinski definition) is 6. The first-order valence-electron chi connectivity index (χ1n) is 9.17. The Kier molecular flexibility index (Phi) is 9.12. The smallest absolute Gasteiger partial charge is 0.226 e. The molecule has 148 valence electrons. The lowest BCUT2D eigenvalue weighted by Crippen LogP contribution is -2.39. The lowest BCUT2D eigenvalue weighted by Gasteiger charge is -2.11. The van der Waals surface area contributed by atoms with Crippen LogP contribution < -0.4 is 15.4 Å². The Morgan fingerprint density at radius 1 is 1.07 bits per heavy atom. The van der Waals surface area contributed by atoms with Gasteiger partial charge in [0.15, 0.2) is 5.96 Å². The van der Waals surface area contributed by atoms with Crippen molar-refractivity contribution in [2.75, 3.05) is 41.0 Å². The van der Waals surface area contributed by atoms with Crippen LogP contribution in [0.3, 0.4) is 0 Å². The molecule has 0 saturated carbocycles. The summed E-state index contributed by atoms with van der Waals surface area (Å²) in [5, 5.41) is 10.5. The second kappa shape index (κ2) is 11.9. The summed E-state index contributed by atoms with van der Waals surface area (Å²) >= 11 is 0. The molecule has 0 aliphatic heterocycles. The standard InChI is InChI=1S/C19H29N5O3/c1-20-19(22-13-14-25-2)21-12-6-4-5-7-17-23-18(24-27-17)15-8-10-16(26-3)11-9-15/h8-11H,4-7,12-14H2,1-3H3,(H2,20,21,22). The van der Waals surface area contributed by atoms with Crippen LogP contribution in [0.15, 0.2) is 33.8 Å². The third-order valence-corrected chi connectivity index (χ3v) is 4.00. The maximum absolute atomic E-state index is 5.34. The number of aromatic nitrogens is 2. The summed E-state index contributed by atoms with van der Waals surface area (Å²) in [4.78, 5) is 8.63. The molecule has 8 nitrogen and oxygen atoms in total. The summed E-state index contributed by atoms with van der Waals surface area (Å²) in [6.07, 6.45) is 3.90. The molecule has 0 saturated heterocycles. The lowest BCUT2D eigenvalue weighted by molar-refractivity contribution is 0.203. The van der Waals surface area contributed by atoms with Crippen LogP contribution >= 0.6 is 0 Å². The summed E-state index contributed by atoms with van der Waals surface area (Å²) in [7, 11) is 5.09. The highest BCUT2D eigenvalue weighted by Crippen LogP contribution is 2.20. The molecule has 0 unspecified atom stereocenters. The lowest BCUT2D eigenvalue weighted by atomic mass is 10.2. The molecular formula is C19H29N5O3. The van der Waals surface area contributed by atoms with Gasteiger partial charge >= 0.3 is 0 Å². The fourth-order valence-corrected chi connectivity index (χ4v) is 2.49. The first kappa shape index (κ1) is 20.7. The van der Waals surface area contributed by atoms with Gasteiger partial charge in [-0.1, -0.05) is 11.6 Å². The van der Waals surface area contributed by atoms with Crippen molar-refractivity contribution in [2.45, 2.75) is 25.7 Å². The molecule has 2 rings (SSSR count). The SMILES string of the molecule is CN=C(NCCCCCc1nc(-c2ccc(OC)cc2)no1)NCCOC. The van der Waals surface area contributed by atoms with Gasteiger partial charge in [0.05, 0.1) is 13.7 Å². The van der Waals surface area contributed by atoms with E-state index < -0.39 is 0 Å². The van der Waals surface area contributed by atoms with Gasteiger partial charge in [-0.15, -0.1) is 0 Å². The summed E-state index contributed by atoms with van der Waals surface area (Å²) < 4.78 is 15.5. The van der Waals surface area contributed by atoms with Gasteiger partial charge in [0, 0.05) is 39.2 Å². The van der Waals surface area contributed by atoms with E-state index in [-0.39, 0.29) is 0 Å². The van der Waals surface area contributed by atoms with E-state index in [1.54, 1.807) is 21.3 Å². The normalized spacial score (nSPS) is 11.4. The predicted molar refractivity (Wildman–Crippen MR) is 105 cm³/mol. The molecular weight excluding hydrogens is 346 g/mol. The van der Waals surface area contributed by atoms with Crippen LogP contribution in [-0.2, 0) is 11.2 Å². The van der Waals surface area contributed by atoms with Crippen molar-refractivity contribution in [3.05, 3.63) is 30.2 Å². The number of ether oxygens (including phenoxy) is 2. The average molecular weight is 375 g/mol. The van der Waals surface area contributed by atoms with E-state index in [1.165, 1.54) is 0 Å². The molecule has 1 heterocycles. The van der Waals surface area contributed by atoms with Gasteiger partial charge in [-0.25, -0.2) is 0 Å². The van der Waals surface area contributed by atoms with Gasteiger partial charge in [0.25, 0.3) is 0 Å². The quantitative estimate of drug-likeness (QED) is 0.353. The van der Waals surface area contributed by atoms with E-state index in [2.05, 4.69) is 25.8 Å². The maximum Gasteiger partial charge on any atom is 0.226 e. The third-order valence-electron chi connectivity index (χ3n) is 4.00. The van der Waals surface area contributed by atoms with Crippen molar-refractivity contribution >= 4 is 5.96 Å². The Morgan fingerprint density at radius 3 is 2.56 bits per heavy atom. The molecule has 0 bridgehead atoms. The van der Waals surface area contributed by atoms with E-state index in [9.17, 15) is 0 Å². The van der Waals surface area contributed by atoms with Gasteiger partial charge in [0.2, 0.25) is 11.7 Å². The fraction of sp³-hybridized carbons (Fsp3) is 0.526. The minimum absolute atomic E-state index is 0.611. The third kappa shape index (κ3) is 7.26. The van der Waals surface area contributed by atoms with Crippen LogP contribution in [0.2, 0.25) is 0 Å². The number of unbranched alkanes of at least 4 members (excludes halogenated alkanes) is 2. The number of benzene rings is 1. The van der Waals surface area contributed by atoms with E-state index in [0.717, 1.165) is 56.0 Å². The maximum atomic E-state index is 5.34. The first-order chi connectivity index (χ1) is 13.3. The van der Waals surface area contributed by atoms with Gasteiger partial charge in [-0.3, -0.25) is 4.99 Å². The Hall–Kier alpha value is -2.61. The summed E-state index contributed by atoms with van der Waals surface area (Å²) in [5.74, 6) is 2.89. The zero-order chi connectivity index (χ0) is 19.3. The molecule has 2 aromatic rings. The Bertz CT molecular complexity index is 685. The van der Waals surface area contributed by atoms with Crippen molar-refractivity contribution in [3.8, 4) is 17.1 Å². The summed E-state index contributed by atoms with van der Waals surface area (Å²) in [6.45, 7) is 2.26. The molecule has 0 atom stereocenters. The van der Waals surface area contributed by atoms with Crippen LogP contribution in [0.1, 0.15) is 25.2 Å². The van der Waals surface area contributed by atoms with Gasteiger partial charge in [0.1, 0.15) is 5.75 Å². The van der Waals surface area contributed by atoms with Gasteiger partial charge in [-0.05, 0) is 37.1 Å². The largest absolute Gasteiger partial charge is 0.497 e. The Balaban J connectivity index is 1.64. The Morgan fingerprint density at radius 2 is 1.85 bits per heavy atom. The number of nitrogens with zero attached hydrogens (tertiary/aromatic N) is 3. The highest BCUT2D eigenvalue weighted by atomic mass is 16.5. The molecule has 8 heteroatoms. The predicted octanol–water partition coefficient (Wildman–Crippen LogP) is 2.27. The van der Waals surface area contributed by atoms with Crippen LogP contribution in [0.25, 0.3) is 11.4 Å². The second-order valence-electron chi connectivity index (χ2n) is 5.97. The zero-order valence-electron chi connectivity index (χ0n) is 16.3. The van der Waals surface area contributed by atoms with Crippen molar-refractivity contribution in [1.82, 2.24) is 20.8 Å². The molecule has 0 fully saturated rings. The fourth-order valence-electron chi connectivity index (χ4n) is 2.49. The van der Waals surface area contributed by atoms with Crippen molar-refractivity contribution in [3.63, 3.8) is 0 Å². The van der Waals surface area contributed by atoms with E-state index in [0.29, 0.717) is 18.3 Å². The van der Waals surface area contributed by atoms with E-state index in [4.69, 9.17) is 14.0 Å². The monoisotopic (exact) mass is 375 g/mol. The zero-order valence-corrected chi connectivity index (χ0v) is 16.3. The van der Waals surface area contributed by atoms with Gasteiger partial charge in [-0.2, -0.15) is 4.98 Å². The second-order valence-corrected chi connectivity index (χ2v) is 5.97. The van der Waals surface area contributed by atoms with Crippen LogP contribution in [-0.4, -0.2) is 57.1 Å². The summed E-state index contributed by atoms with van der Waals surface area (Å²) in [6, 6.07) is 7.62. The molecule has 27 heavy (non-hydrogen) atoms. The number of nitrogens with one attached hydrogen (secondary N) is 2. The number of aryl methyl sites for hydroxylation is 1. The highest BCUT2D eigenvalue weighted by Gasteiger charge is 2.08. The summed E-state index contributed by atoms with van der Waals surface area (Å²) in [5.41, 5.74) is 0.919.